The van der Waals surface area contributed by atoms with Crippen molar-refractivity contribution in [3.63, 3.8) is 0 Å². The Kier molecular flexibility index (Phi) is 5.01. The third-order valence-corrected chi connectivity index (χ3v) is 2.33. The molecule has 0 aliphatic heterocycles. The normalized spacial score (nSPS) is 11.1. The summed E-state index contributed by atoms with van der Waals surface area (Å²) in [7, 11) is 0. The minimum absolute atomic E-state index is 0.140. The van der Waals surface area contributed by atoms with Crippen LogP contribution in [0, 0.1) is 0 Å². The maximum absolute atomic E-state index is 11.5. The first-order valence-electron chi connectivity index (χ1n) is 6.21. The van der Waals surface area contributed by atoms with E-state index in [0.717, 1.165) is 18.4 Å². The molecule has 0 aliphatic rings. The van der Waals surface area contributed by atoms with Crippen LogP contribution in [-0.2, 0) is 6.42 Å². The van der Waals surface area contributed by atoms with Crippen LogP contribution < -0.4 is 10.6 Å². The zero-order valence-corrected chi connectivity index (χ0v) is 11.3. The van der Waals surface area contributed by atoms with Gasteiger partial charge in [-0.1, -0.05) is 12.1 Å². The van der Waals surface area contributed by atoms with Crippen molar-refractivity contribution in [1.82, 2.24) is 10.6 Å². The van der Waals surface area contributed by atoms with Gasteiger partial charge in [-0.05, 0) is 51.3 Å². The van der Waals surface area contributed by atoms with Crippen molar-refractivity contribution in [3.8, 4) is 5.75 Å². The van der Waals surface area contributed by atoms with Gasteiger partial charge in [-0.2, -0.15) is 0 Å². The lowest BCUT2D eigenvalue weighted by molar-refractivity contribution is 0.232. The average molecular weight is 250 g/mol. The van der Waals surface area contributed by atoms with Gasteiger partial charge in [0.05, 0.1) is 0 Å². The molecule has 0 heterocycles. The predicted molar refractivity (Wildman–Crippen MR) is 72.7 cm³/mol. The number of benzene rings is 1. The summed E-state index contributed by atoms with van der Waals surface area (Å²) < 4.78 is 0. The van der Waals surface area contributed by atoms with Crippen LogP contribution in [0.15, 0.2) is 24.3 Å². The summed E-state index contributed by atoms with van der Waals surface area (Å²) in [5, 5.41) is 15.0. The van der Waals surface area contributed by atoms with E-state index in [1.165, 1.54) is 0 Å². The van der Waals surface area contributed by atoms with Crippen molar-refractivity contribution in [1.29, 1.82) is 0 Å². The minimum Gasteiger partial charge on any atom is -0.508 e. The molecule has 18 heavy (non-hydrogen) atoms. The van der Waals surface area contributed by atoms with E-state index < -0.39 is 0 Å². The number of aryl methyl sites for hydroxylation is 1. The Morgan fingerprint density at radius 2 is 2.06 bits per heavy atom. The number of amides is 2. The van der Waals surface area contributed by atoms with Crippen molar-refractivity contribution >= 4 is 6.03 Å². The van der Waals surface area contributed by atoms with E-state index in [2.05, 4.69) is 10.6 Å². The van der Waals surface area contributed by atoms with E-state index in [1.54, 1.807) is 12.1 Å². The van der Waals surface area contributed by atoms with Crippen molar-refractivity contribution in [3.05, 3.63) is 29.8 Å². The molecule has 1 aromatic carbocycles. The van der Waals surface area contributed by atoms with Gasteiger partial charge in [-0.3, -0.25) is 0 Å². The van der Waals surface area contributed by atoms with Gasteiger partial charge in [0.1, 0.15) is 5.75 Å². The quantitative estimate of drug-likeness (QED) is 0.719. The zero-order valence-electron chi connectivity index (χ0n) is 11.3. The Morgan fingerprint density at radius 1 is 1.33 bits per heavy atom. The third-order valence-electron chi connectivity index (χ3n) is 2.33. The summed E-state index contributed by atoms with van der Waals surface area (Å²) in [5.74, 6) is 0.283. The number of urea groups is 1. The number of rotatable bonds is 4. The van der Waals surface area contributed by atoms with E-state index >= 15 is 0 Å². The number of hydrogen-bond acceptors (Lipinski definition) is 2. The number of hydrogen-bond donors (Lipinski definition) is 3. The fraction of sp³-hybridized carbons (Fsp3) is 0.500. The second-order valence-corrected chi connectivity index (χ2v) is 5.40. The molecule has 1 rings (SSSR count). The highest BCUT2D eigenvalue weighted by Crippen LogP contribution is 2.12. The van der Waals surface area contributed by atoms with Gasteiger partial charge in [0.2, 0.25) is 0 Å². The Morgan fingerprint density at radius 3 is 2.67 bits per heavy atom. The van der Waals surface area contributed by atoms with Crippen LogP contribution in [0.1, 0.15) is 32.8 Å². The van der Waals surface area contributed by atoms with E-state index in [4.69, 9.17) is 0 Å². The molecule has 0 fully saturated rings. The van der Waals surface area contributed by atoms with Crippen LogP contribution in [0.3, 0.4) is 0 Å². The molecule has 0 saturated heterocycles. The number of nitrogens with one attached hydrogen (secondary N) is 2. The highest BCUT2D eigenvalue weighted by atomic mass is 16.3. The Balaban J connectivity index is 2.21. The summed E-state index contributed by atoms with van der Waals surface area (Å²) >= 11 is 0. The summed E-state index contributed by atoms with van der Waals surface area (Å²) in [6.07, 6.45) is 1.69. The average Bonchev–Trinajstić information content (AvgIpc) is 2.22. The first-order chi connectivity index (χ1) is 8.37. The minimum atomic E-state index is -0.213. The summed E-state index contributed by atoms with van der Waals surface area (Å²) in [5.41, 5.74) is 0.864. The highest BCUT2D eigenvalue weighted by Gasteiger charge is 2.12. The second kappa shape index (κ2) is 6.28. The molecule has 100 valence electrons. The number of carbonyl (C=O) groups is 1. The first-order valence-corrected chi connectivity index (χ1v) is 6.21. The topological polar surface area (TPSA) is 61.4 Å². The van der Waals surface area contributed by atoms with Crippen molar-refractivity contribution in [2.24, 2.45) is 0 Å². The van der Waals surface area contributed by atoms with Gasteiger partial charge in [0.15, 0.2) is 0 Å². The molecule has 0 spiro atoms. The van der Waals surface area contributed by atoms with E-state index in [1.807, 2.05) is 32.9 Å². The van der Waals surface area contributed by atoms with Gasteiger partial charge in [0, 0.05) is 12.1 Å². The molecule has 0 saturated carbocycles. The summed E-state index contributed by atoms with van der Waals surface area (Å²) in [6.45, 7) is 6.45. The highest BCUT2D eigenvalue weighted by molar-refractivity contribution is 5.74. The number of phenols is 1. The molecule has 0 radical (unpaired) electrons. The van der Waals surface area contributed by atoms with Gasteiger partial charge < -0.3 is 15.7 Å². The predicted octanol–water partition coefficient (Wildman–Crippen LogP) is 2.42. The number of carbonyl (C=O) groups excluding carboxylic acids is 1. The van der Waals surface area contributed by atoms with Crippen LogP contribution in [-0.4, -0.2) is 23.2 Å². The molecule has 4 heteroatoms. The van der Waals surface area contributed by atoms with E-state index in [9.17, 15) is 9.90 Å². The smallest absolute Gasteiger partial charge is 0.315 e. The molecular formula is C14H22N2O2. The molecule has 0 unspecified atom stereocenters. The van der Waals surface area contributed by atoms with Crippen LogP contribution in [0.2, 0.25) is 0 Å². The lowest BCUT2D eigenvalue weighted by Gasteiger charge is -2.20. The molecule has 0 bridgehead atoms. The first kappa shape index (κ1) is 14.4. The van der Waals surface area contributed by atoms with Gasteiger partial charge >= 0.3 is 6.03 Å². The second-order valence-electron chi connectivity index (χ2n) is 5.40. The standard InChI is InChI=1S/C14H22N2O2/c1-14(2,3)16-13(18)15-9-5-7-11-6-4-8-12(17)10-11/h4,6,8,10,17H,5,7,9H2,1-3H3,(H2,15,16,18). The lowest BCUT2D eigenvalue weighted by Crippen LogP contribution is -2.46. The SMILES string of the molecule is CC(C)(C)NC(=O)NCCCc1cccc(O)c1. The van der Waals surface area contributed by atoms with E-state index in [0.29, 0.717) is 6.54 Å². The van der Waals surface area contributed by atoms with Gasteiger partial charge in [-0.15, -0.1) is 0 Å². The maximum Gasteiger partial charge on any atom is 0.315 e. The summed E-state index contributed by atoms with van der Waals surface area (Å²) in [4.78, 5) is 11.5. The van der Waals surface area contributed by atoms with Crippen molar-refractivity contribution in [2.75, 3.05) is 6.54 Å². The third kappa shape index (κ3) is 6.13. The summed E-state index contributed by atoms with van der Waals surface area (Å²) in [6, 6.07) is 7.05. The van der Waals surface area contributed by atoms with Crippen molar-refractivity contribution < 1.29 is 9.90 Å². The fourth-order valence-electron chi connectivity index (χ4n) is 1.59. The number of aromatic hydroxyl groups is 1. The molecule has 4 nitrogen and oxygen atoms in total. The van der Waals surface area contributed by atoms with Gasteiger partial charge in [-0.25, -0.2) is 4.79 Å². The Bertz CT molecular complexity index is 397. The van der Waals surface area contributed by atoms with Crippen molar-refractivity contribution in [2.45, 2.75) is 39.2 Å². The molecule has 0 aromatic heterocycles. The molecule has 1 aromatic rings. The lowest BCUT2D eigenvalue weighted by atomic mass is 10.1. The van der Waals surface area contributed by atoms with Crippen LogP contribution >= 0.6 is 0 Å². The van der Waals surface area contributed by atoms with Crippen LogP contribution in [0.25, 0.3) is 0 Å². The Labute approximate surface area is 108 Å². The fourth-order valence-corrected chi connectivity index (χ4v) is 1.59. The zero-order chi connectivity index (χ0) is 13.6. The molecular weight excluding hydrogens is 228 g/mol. The van der Waals surface area contributed by atoms with Gasteiger partial charge in [0.25, 0.3) is 0 Å². The molecule has 0 atom stereocenters. The molecule has 2 amide bonds. The van der Waals surface area contributed by atoms with Crippen LogP contribution in [0.5, 0.6) is 5.75 Å². The van der Waals surface area contributed by atoms with E-state index in [-0.39, 0.29) is 17.3 Å². The maximum atomic E-state index is 11.5. The molecule has 3 N–H and O–H groups in total. The molecule has 0 aliphatic carbocycles. The largest absolute Gasteiger partial charge is 0.508 e. The monoisotopic (exact) mass is 250 g/mol. The number of phenolic OH excluding ortho intramolecular Hbond substituents is 1. The van der Waals surface area contributed by atoms with Crippen LogP contribution in [0.4, 0.5) is 4.79 Å². The Hall–Kier alpha value is -1.71.